The van der Waals surface area contributed by atoms with E-state index in [0.29, 0.717) is 25.0 Å². The zero-order chi connectivity index (χ0) is 18.2. The maximum atomic E-state index is 12.2. The molecule has 3 saturated heterocycles. The molecule has 3 fully saturated rings. The highest BCUT2D eigenvalue weighted by atomic mass is 32.2. The summed E-state index contributed by atoms with van der Waals surface area (Å²) in [4.78, 5) is 2.70. The van der Waals surface area contributed by atoms with Crippen LogP contribution in [0.1, 0.15) is 24.8 Å². The average molecular weight is 395 g/mol. The van der Waals surface area contributed by atoms with Crippen molar-refractivity contribution in [3.63, 3.8) is 0 Å². The second kappa shape index (κ2) is 7.46. The van der Waals surface area contributed by atoms with Crippen molar-refractivity contribution in [1.29, 1.82) is 0 Å². The molecule has 0 aromatic heterocycles. The molecule has 1 aromatic rings. The van der Waals surface area contributed by atoms with E-state index in [2.05, 4.69) is 47.0 Å². The van der Waals surface area contributed by atoms with Crippen molar-refractivity contribution in [1.82, 2.24) is 9.21 Å². The fraction of sp³-hybridized carbons (Fsp3) is 0.700. The van der Waals surface area contributed by atoms with Crippen LogP contribution in [0.25, 0.3) is 0 Å². The average Bonchev–Trinajstić information content (AvgIpc) is 3.16. The normalized spacial score (nSPS) is 31.3. The number of likely N-dealkylation sites (tertiary alicyclic amines) is 1. The van der Waals surface area contributed by atoms with Crippen LogP contribution in [0.3, 0.4) is 0 Å². The molecule has 0 amide bonds. The molecule has 0 aliphatic carbocycles. The molecule has 26 heavy (non-hydrogen) atoms. The number of thioether (sulfide) groups is 1. The van der Waals surface area contributed by atoms with Gasteiger partial charge in [-0.3, -0.25) is 4.90 Å². The molecule has 2 atom stereocenters. The van der Waals surface area contributed by atoms with E-state index in [1.165, 1.54) is 36.2 Å². The van der Waals surface area contributed by atoms with Gasteiger partial charge >= 0.3 is 0 Å². The van der Waals surface area contributed by atoms with Crippen LogP contribution in [0.2, 0.25) is 0 Å². The second-order valence-electron chi connectivity index (χ2n) is 8.37. The maximum Gasteiger partial charge on any atom is 0.211 e. The summed E-state index contributed by atoms with van der Waals surface area (Å²) in [6.07, 6.45) is 6.09. The first kappa shape index (κ1) is 18.8. The Morgan fingerprint density at radius 1 is 1.12 bits per heavy atom. The van der Waals surface area contributed by atoms with E-state index in [9.17, 15) is 8.42 Å². The van der Waals surface area contributed by atoms with Crippen LogP contribution in [-0.2, 0) is 16.4 Å². The molecular weight excluding hydrogens is 364 g/mol. The Morgan fingerprint density at radius 3 is 2.54 bits per heavy atom. The highest BCUT2D eigenvalue weighted by molar-refractivity contribution is 7.99. The molecule has 0 N–H and O–H groups in total. The minimum Gasteiger partial charge on any atom is -0.299 e. The van der Waals surface area contributed by atoms with Gasteiger partial charge in [-0.2, -0.15) is 11.8 Å². The van der Waals surface area contributed by atoms with Crippen LogP contribution < -0.4 is 0 Å². The number of sulfonamides is 1. The van der Waals surface area contributed by atoms with Crippen LogP contribution in [-0.4, -0.2) is 67.6 Å². The van der Waals surface area contributed by atoms with Crippen molar-refractivity contribution < 1.29 is 8.42 Å². The molecule has 0 saturated carbocycles. The van der Waals surface area contributed by atoms with Crippen LogP contribution >= 0.6 is 11.8 Å². The molecule has 4 nitrogen and oxygen atoms in total. The lowest BCUT2D eigenvalue weighted by Crippen LogP contribution is -2.41. The third-order valence-corrected chi connectivity index (χ3v) is 8.95. The highest BCUT2D eigenvalue weighted by Crippen LogP contribution is 2.47. The molecule has 1 aromatic carbocycles. The van der Waals surface area contributed by atoms with Gasteiger partial charge in [-0.25, -0.2) is 12.7 Å². The van der Waals surface area contributed by atoms with E-state index in [1.807, 2.05) is 0 Å². The first-order valence-corrected chi connectivity index (χ1v) is 12.8. The molecule has 0 bridgehead atoms. The summed E-state index contributed by atoms with van der Waals surface area (Å²) in [5.41, 5.74) is 1.50. The van der Waals surface area contributed by atoms with Gasteiger partial charge in [0.05, 0.1) is 6.26 Å². The van der Waals surface area contributed by atoms with Crippen LogP contribution in [0.4, 0.5) is 0 Å². The number of hydrogen-bond acceptors (Lipinski definition) is 4. The number of benzene rings is 1. The molecular formula is C20H30N2O2S2. The van der Waals surface area contributed by atoms with Gasteiger partial charge in [-0.1, -0.05) is 30.3 Å². The zero-order valence-electron chi connectivity index (χ0n) is 15.6. The Bertz CT molecular complexity index is 719. The first-order chi connectivity index (χ1) is 12.5. The lowest BCUT2D eigenvalue weighted by atomic mass is 9.76. The van der Waals surface area contributed by atoms with Gasteiger partial charge in [-0.05, 0) is 48.7 Å². The zero-order valence-corrected chi connectivity index (χ0v) is 17.3. The summed E-state index contributed by atoms with van der Waals surface area (Å²) < 4.78 is 26.1. The van der Waals surface area contributed by atoms with E-state index in [0.717, 1.165) is 25.9 Å². The molecule has 6 heteroatoms. The van der Waals surface area contributed by atoms with E-state index >= 15 is 0 Å². The van der Waals surface area contributed by atoms with Gasteiger partial charge < -0.3 is 0 Å². The van der Waals surface area contributed by atoms with Gasteiger partial charge in [0.25, 0.3) is 0 Å². The van der Waals surface area contributed by atoms with Gasteiger partial charge in [0.15, 0.2) is 0 Å². The third-order valence-electron chi connectivity index (χ3n) is 6.68. The molecule has 144 valence electrons. The van der Waals surface area contributed by atoms with Gasteiger partial charge in [0, 0.05) is 37.6 Å². The van der Waals surface area contributed by atoms with Crippen LogP contribution in [0.5, 0.6) is 0 Å². The molecule has 0 unspecified atom stereocenters. The van der Waals surface area contributed by atoms with Gasteiger partial charge in [-0.15, -0.1) is 0 Å². The summed E-state index contributed by atoms with van der Waals surface area (Å²) in [6, 6.07) is 11.4. The molecule has 3 aliphatic rings. The van der Waals surface area contributed by atoms with Crippen LogP contribution in [0, 0.1) is 11.3 Å². The van der Waals surface area contributed by atoms with E-state index in [-0.39, 0.29) is 5.41 Å². The first-order valence-electron chi connectivity index (χ1n) is 9.77. The fourth-order valence-electron chi connectivity index (χ4n) is 5.15. The van der Waals surface area contributed by atoms with E-state index in [1.54, 1.807) is 4.31 Å². The third kappa shape index (κ3) is 3.84. The van der Waals surface area contributed by atoms with Crippen molar-refractivity contribution in [2.75, 3.05) is 43.9 Å². The minimum atomic E-state index is -3.10. The summed E-state index contributed by atoms with van der Waals surface area (Å²) in [5.74, 6) is 3.03. The Kier molecular flexibility index (Phi) is 5.39. The summed E-state index contributed by atoms with van der Waals surface area (Å²) in [6.45, 7) is 3.58. The second-order valence-corrected chi connectivity index (χ2v) is 11.6. The topological polar surface area (TPSA) is 40.6 Å². The van der Waals surface area contributed by atoms with E-state index in [4.69, 9.17) is 0 Å². The number of hydrogen-bond donors (Lipinski definition) is 0. The Hall–Kier alpha value is -0.560. The SMILES string of the molecule is CS(=O)(=O)N1C[C@@H]2CN(C3CCSCC3)C[C@]2(CCc2ccccc2)C1. The highest BCUT2D eigenvalue weighted by Gasteiger charge is 2.54. The Balaban J connectivity index is 1.51. The van der Waals surface area contributed by atoms with Crippen molar-refractivity contribution in [3.8, 4) is 0 Å². The molecule has 3 aliphatic heterocycles. The van der Waals surface area contributed by atoms with Crippen molar-refractivity contribution in [2.45, 2.75) is 31.7 Å². The number of nitrogens with zero attached hydrogens (tertiary/aromatic N) is 2. The monoisotopic (exact) mass is 394 g/mol. The lowest BCUT2D eigenvalue weighted by Gasteiger charge is -2.34. The predicted octanol–water partition coefficient (Wildman–Crippen LogP) is 2.71. The van der Waals surface area contributed by atoms with Gasteiger partial charge in [0.1, 0.15) is 0 Å². The summed E-state index contributed by atoms with van der Waals surface area (Å²) in [5, 5.41) is 0. The van der Waals surface area contributed by atoms with Crippen molar-refractivity contribution in [2.24, 2.45) is 11.3 Å². The minimum absolute atomic E-state index is 0.128. The molecule has 0 radical (unpaired) electrons. The standard InChI is InChI=1S/C20H30N2O2S2/c1-26(23,24)22-14-18-13-21(19-8-11-25-12-9-19)15-20(18,16-22)10-7-17-5-3-2-4-6-17/h2-6,18-19H,7-16H2,1H3/t18-,20+/m0/s1. The van der Waals surface area contributed by atoms with E-state index < -0.39 is 10.0 Å². The summed E-state index contributed by atoms with van der Waals surface area (Å²) >= 11 is 2.07. The van der Waals surface area contributed by atoms with Crippen molar-refractivity contribution >= 4 is 21.8 Å². The van der Waals surface area contributed by atoms with Gasteiger partial charge in [0.2, 0.25) is 10.0 Å². The maximum absolute atomic E-state index is 12.2. The predicted molar refractivity (Wildman–Crippen MR) is 109 cm³/mol. The largest absolute Gasteiger partial charge is 0.299 e. The lowest BCUT2D eigenvalue weighted by molar-refractivity contribution is 0.179. The number of rotatable bonds is 5. The molecule has 4 rings (SSSR count). The molecule has 3 heterocycles. The smallest absolute Gasteiger partial charge is 0.211 e. The number of aryl methyl sites for hydroxylation is 1. The summed E-state index contributed by atoms with van der Waals surface area (Å²) in [7, 11) is -3.10. The Labute approximate surface area is 162 Å². The fourth-order valence-corrected chi connectivity index (χ4v) is 7.17. The van der Waals surface area contributed by atoms with Crippen LogP contribution in [0.15, 0.2) is 30.3 Å². The quantitative estimate of drug-likeness (QED) is 0.770. The Morgan fingerprint density at radius 2 is 1.85 bits per heavy atom. The van der Waals surface area contributed by atoms with Crippen molar-refractivity contribution in [3.05, 3.63) is 35.9 Å². The molecule has 0 spiro atoms. The number of fused-ring (bicyclic) bond motifs is 1.